The first-order chi connectivity index (χ1) is 12.5. The highest BCUT2D eigenvalue weighted by molar-refractivity contribution is 5.94. The molecule has 0 unspecified atom stereocenters. The first kappa shape index (κ1) is 17.7. The molecule has 1 amide bonds. The van der Waals surface area contributed by atoms with Crippen LogP contribution in [0.3, 0.4) is 0 Å². The van der Waals surface area contributed by atoms with Crippen molar-refractivity contribution in [1.29, 1.82) is 0 Å². The minimum atomic E-state index is -0.670. The molecule has 1 aliphatic rings. The first-order valence-electron chi connectivity index (χ1n) is 8.55. The molecule has 0 spiro atoms. The fourth-order valence-corrected chi connectivity index (χ4v) is 3.16. The van der Waals surface area contributed by atoms with E-state index >= 15 is 0 Å². The number of carbonyl (C=O) groups excluding carboxylic acids is 1. The van der Waals surface area contributed by atoms with E-state index in [-0.39, 0.29) is 11.3 Å². The van der Waals surface area contributed by atoms with Gasteiger partial charge < -0.3 is 15.4 Å². The predicted molar refractivity (Wildman–Crippen MR) is 98.5 cm³/mol. The standard InChI is InChI=1S/C19H21N3O4/c20-19(23)15-6-7-17(18(12-15)22(24)25)21-10-8-14(9-11-21)13-26-16-4-2-1-3-5-16/h1-7,12,14H,8-11,13H2,(H2,20,23). The van der Waals surface area contributed by atoms with Gasteiger partial charge in [-0.2, -0.15) is 0 Å². The molecule has 1 saturated heterocycles. The van der Waals surface area contributed by atoms with E-state index < -0.39 is 10.8 Å². The second-order valence-corrected chi connectivity index (χ2v) is 6.38. The van der Waals surface area contributed by atoms with Crippen LogP contribution in [-0.2, 0) is 0 Å². The summed E-state index contributed by atoms with van der Waals surface area (Å²) < 4.78 is 5.81. The molecule has 0 saturated carbocycles. The molecule has 2 aromatic carbocycles. The second-order valence-electron chi connectivity index (χ2n) is 6.38. The van der Waals surface area contributed by atoms with E-state index in [1.54, 1.807) is 6.07 Å². The first-order valence-corrected chi connectivity index (χ1v) is 8.55. The third kappa shape index (κ3) is 4.11. The number of nitro benzene ring substituents is 1. The van der Waals surface area contributed by atoms with Crippen LogP contribution < -0.4 is 15.4 Å². The number of hydrogen-bond donors (Lipinski definition) is 1. The van der Waals surface area contributed by atoms with Crippen LogP contribution in [0.2, 0.25) is 0 Å². The lowest BCUT2D eigenvalue weighted by molar-refractivity contribution is -0.384. The molecule has 2 N–H and O–H groups in total. The van der Waals surface area contributed by atoms with Crippen molar-refractivity contribution >= 4 is 17.3 Å². The van der Waals surface area contributed by atoms with Crippen LogP contribution in [0.1, 0.15) is 23.2 Å². The number of amides is 1. The van der Waals surface area contributed by atoms with Gasteiger partial charge in [-0.1, -0.05) is 18.2 Å². The second kappa shape index (κ2) is 7.86. The summed E-state index contributed by atoms with van der Waals surface area (Å²) in [5.74, 6) is 0.597. The van der Waals surface area contributed by atoms with Gasteiger partial charge >= 0.3 is 0 Å². The molecule has 0 aliphatic carbocycles. The number of para-hydroxylation sites is 1. The normalized spacial score (nSPS) is 14.8. The lowest BCUT2D eigenvalue weighted by Gasteiger charge is -2.33. The SMILES string of the molecule is NC(=O)c1ccc(N2CCC(COc3ccccc3)CC2)c([N+](=O)[O-])c1. The van der Waals surface area contributed by atoms with E-state index in [0.29, 0.717) is 31.3 Å². The van der Waals surface area contributed by atoms with E-state index in [9.17, 15) is 14.9 Å². The van der Waals surface area contributed by atoms with Crippen LogP contribution in [0.4, 0.5) is 11.4 Å². The van der Waals surface area contributed by atoms with Crippen molar-refractivity contribution in [3.63, 3.8) is 0 Å². The highest BCUT2D eigenvalue weighted by Gasteiger charge is 2.26. The maximum absolute atomic E-state index is 11.4. The summed E-state index contributed by atoms with van der Waals surface area (Å²) in [6.45, 7) is 2.06. The minimum absolute atomic E-state index is 0.0831. The highest BCUT2D eigenvalue weighted by atomic mass is 16.6. The Bertz CT molecular complexity index is 787. The topological polar surface area (TPSA) is 98.7 Å². The summed E-state index contributed by atoms with van der Waals surface area (Å²) in [6.07, 6.45) is 1.78. The molecular weight excluding hydrogens is 334 g/mol. The van der Waals surface area contributed by atoms with Gasteiger partial charge in [-0.3, -0.25) is 14.9 Å². The zero-order valence-corrected chi connectivity index (χ0v) is 14.3. The van der Waals surface area contributed by atoms with Crippen molar-refractivity contribution in [1.82, 2.24) is 0 Å². The summed E-state index contributed by atoms with van der Waals surface area (Å²) in [6, 6.07) is 14.1. The van der Waals surface area contributed by atoms with Crippen LogP contribution in [0.5, 0.6) is 5.75 Å². The van der Waals surface area contributed by atoms with Gasteiger partial charge in [0.25, 0.3) is 5.69 Å². The maximum atomic E-state index is 11.4. The molecule has 1 fully saturated rings. The van der Waals surface area contributed by atoms with E-state index in [0.717, 1.165) is 18.6 Å². The number of primary amides is 1. The van der Waals surface area contributed by atoms with Crippen LogP contribution in [0.25, 0.3) is 0 Å². The molecule has 7 heteroatoms. The molecule has 2 aromatic rings. The van der Waals surface area contributed by atoms with Gasteiger partial charge in [-0.15, -0.1) is 0 Å². The number of ether oxygens (including phenoxy) is 1. The lowest BCUT2D eigenvalue weighted by Crippen LogP contribution is -2.36. The number of carbonyl (C=O) groups is 1. The molecule has 0 aromatic heterocycles. The number of nitro groups is 1. The van der Waals surface area contributed by atoms with Gasteiger partial charge in [0.2, 0.25) is 5.91 Å². The van der Waals surface area contributed by atoms with Gasteiger partial charge in [-0.25, -0.2) is 0 Å². The maximum Gasteiger partial charge on any atom is 0.293 e. The summed E-state index contributed by atoms with van der Waals surface area (Å²) in [7, 11) is 0. The zero-order chi connectivity index (χ0) is 18.5. The molecule has 1 heterocycles. The van der Waals surface area contributed by atoms with Crippen LogP contribution >= 0.6 is 0 Å². The Hall–Kier alpha value is -3.09. The predicted octanol–water partition coefficient (Wildman–Crippen LogP) is 2.99. The fourth-order valence-electron chi connectivity index (χ4n) is 3.16. The summed E-state index contributed by atoms with van der Waals surface area (Å²) in [5, 5.41) is 11.4. The molecule has 0 radical (unpaired) electrons. The summed E-state index contributed by atoms with van der Waals surface area (Å²) in [5.41, 5.74) is 5.81. The van der Waals surface area contributed by atoms with Crippen LogP contribution in [0, 0.1) is 16.0 Å². The third-order valence-electron chi connectivity index (χ3n) is 4.64. The Morgan fingerprint density at radius 1 is 1.19 bits per heavy atom. The van der Waals surface area contributed by atoms with Gasteiger partial charge in [0, 0.05) is 24.7 Å². The van der Waals surface area contributed by atoms with Gasteiger partial charge in [-0.05, 0) is 43.0 Å². The largest absolute Gasteiger partial charge is 0.493 e. The van der Waals surface area contributed by atoms with E-state index in [1.807, 2.05) is 35.2 Å². The Balaban J connectivity index is 1.62. The Kier molecular flexibility index (Phi) is 5.36. The van der Waals surface area contributed by atoms with Crippen molar-refractivity contribution < 1.29 is 14.5 Å². The van der Waals surface area contributed by atoms with Gasteiger partial charge in [0.15, 0.2) is 0 Å². The third-order valence-corrected chi connectivity index (χ3v) is 4.64. The molecule has 0 bridgehead atoms. The molecule has 0 atom stereocenters. The minimum Gasteiger partial charge on any atom is -0.493 e. The Labute approximate surface area is 151 Å². The highest BCUT2D eigenvalue weighted by Crippen LogP contribution is 2.32. The van der Waals surface area contributed by atoms with Crippen molar-refractivity contribution in [2.24, 2.45) is 11.7 Å². The van der Waals surface area contributed by atoms with E-state index in [1.165, 1.54) is 12.1 Å². The van der Waals surface area contributed by atoms with Crippen molar-refractivity contribution in [3.8, 4) is 5.75 Å². The number of nitrogens with zero attached hydrogens (tertiary/aromatic N) is 2. The average molecular weight is 355 g/mol. The number of piperidine rings is 1. The molecule has 26 heavy (non-hydrogen) atoms. The molecule has 3 rings (SSSR count). The fraction of sp³-hybridized carbons (Fsp3) is 0.316. The number of benzene rings is 2. The van der Waals surface area contributed by atoms with Crippen molar-refractivity contribution in [2.45, 2.75) is 12.8 Å². The quantitative estimate of drug-likeness (QED) is 0.634. The molecule has 136 valence electrons. The monoisotopic (exact) mass is 355 g/mol. The number of rotatable bonds is 6. The van der Waals surface area contributed by atoms with Crippen LogP contribution in [-0.4, -0.2) is 30.5 Å². The van der Waals surface area contributed by atoms with Gasteiger partial charge in [0.05, 0.1) is 11.5 Å². The van der Waals surface area contributed by atoms with Crippen molar-refractivity contribution in [2.75, 3.05) is 24.6 Å². The number of hydrogen-bond acceptors (Lipinski definition) is 5. The smallest absolute Gasteiger partial charge is 0.293 e. The van der Waals surface area contributed by atoms with E-state index in [2.05, 4.69) is 0 Å². The molecular formula is C19H21N3O4. The van der Waals surface area contributed by atoms with E-state index in [4.69, 9.17) is 10.5 Å². The van der Waals surface area contributed by atoms with Crippen LogP contribution in [0.15, 0.2) is 48.5 Å². The molecule has 7 nitrogen and oxygen atoms in total. The van der Waals surface area contributed by atoms with Gasteiger partial charge in [0.1, 0.15) is 11.4 Å². The summed E-state index contributed by atoms with van der Waals surface area (Å²) >= 11 is 0. The average Bonchev–Trinajstić information content (AvgIpc) is 2.67. The Morgan fingerprint density at radius 2 is 1.88 bits per heavy atom. The number of anilines is 1. The lowest BCUT2D eigenvalue weighted by atomic mass is 9.97. The molecule has 1 aliphatic heterocycles. The summed E-state index contributed by atoms with van der Waals surface area (Å²) in [4.78, 5) is 24.2. The zero-order valence-electron chi connectivity index (χ0n) is 14.3. The van der Waals surface area contributed by atoms with Crippen molar-refractivity contribution in [3.05, 3.63) is 64.2 Å². The number of nitrogens with two attached hydrogens (primary N) is 1. The Morgan fingerprint density at radius 3 is 2.50 bits per heavy atom.